The van der Waals surface area contributed by atoms with Gasteiger partial charge in [-0.2, -0.15) is 0 Å². The maximum Gasteiger partial charge on any atom is 0.332 e. The Morgan fingerprint density at radius 3 is 1.97 bits per heavy atom. The van der Waals surface area contributed by atoms with E-state index < -0.39 is 23.7 Å². The molecule has 0 atom stereocenters. The van der Waals surface area contributed by atoms with Crippen LogP contribution in [0.1, 0.15) is 11.1 Å². The fraction of sp³-hybridized carbons (Fsp3) is 0.192. The summed E-state index contributed by atoms with van der Waals surface area (Å²) < 4.78 is 2.25. The maximum atomic E-state index is 13.3. The van der Waals surface area contributed by atoms with E-state index in [-0.39, 0.29) is 27.5 Å². The summed E-state index contributed by atoms with van der Waals surface area (Å²) in [5.41, 5.74) is 6.60. The van der Waals surface area contributed by atoms with Gasteiger partial charge < -0.3 is 5.73 Å². The minimum Gasteiger partial charge on any atom is -0.368 e. The van der Waals surface area contributed by atoms with Gasteiger partial charge in [-0.1, -0.05) is 83.9 Å². The standard InChI is InChI=1S/C26H24Cl2N4O3/c27-20-13-21(28)24-22(14-20)32(17-23(29)33)26(35)31(25(24)34)12-11-30(15-18-7-3-1-4-8-18)16-19-9-5-2-6-10-19/h1-10,13-14H,11-12,15-17H2,(H2,29,33). The summed E-state index contributed by atoms with van der Waals surface area (Å²) in [6.45, 7) is 1.37. The molecule has 0 saturated carbocycles. The van der Waals surface area contributed by atoms with Crippen LogP contribution in [-0.2, 0) is 31.0 Å². The number of benzene rings is 3. The van der Waals surface area contributed by atoms with E-state index in [0.29, 0.717) is 19.6 Å². The van der Waals surface area contributed by atoms with Gasteiger partial charge >= 0.3 is 5.69 Å². The maximum absolute atomic E-state index is 13.3. The number of fused-ring (bicyclic) bond motifs is 1. The van der Waals surface area contributed by atoms with E-state index in [1.165, 1.54) is 12.1 Å². The summed E-state index contributed by atoms with van der Waals surface area (Å²) in [6, 6.07) is 22.8. The molecule has 35 heavy (non-hydrogen) atoms. The van der Waals surface area contributed by atoms with Gasteiger partial charge in [-0.25, -0.2) is 4.79 Å². The van der Waals surface area contributed by atoms with E-state index in [2.05, 4.69) is 4.90 Å². The van der Waals surface area contributed by atoms with Crippen LogP contribution in [0.3, 0.4) is 0 Å². The first-order valence-electron chi connectivity index (χ1n) is 11.0. The van der Waals surface area contributed by atoms with Gasteiger partial charge in [-0.15, -0.1) is 0 Å². The number of nitrogens with two attached hydrogens (primary N) is 1. The Labute approximate surface area is 211 Å². The van der Waals surface area contributed by atoms with Crippen molar-refractivity contribution in [1.82, 2.24) is 14.0 Å². The molecule has 9 heteroatoms. The summed E-state index contributed by atoms with van der Waals surface area (Å²) in [4.78, 5) is 40.5. The fourth-order valence-corrected chi connectivity index (χ4v) is 4.66. The normalized spacial score (nSPS) is 11.3. The molecule has 3 aromatic carbocycles. The van der Waals surface area contributed by atoms with E-state index in [4.69, 9.17) is 28.9 Å². The molecule has 4 aromatic rings. The van der Waals surface area contributed by atoms with Crippen molar-refractivity contribution in [2.45, 2.75) is 26.2 Å². The second-order valence-corrected chi connectivity index (χ2v) is 9.10. The van der Waals surface area contributed by atoms with Gasteiger partial charge in [0, 0.05) is 31.2 Å². The van der Waals surface area contributed by atoms with Gasteiger partial charge in [0.05, 0.1) is 15.9 Å². The zero-order valence-electron chi connectivity index (χ0n) is 18.9. The van der Waals surface area contributed by atoms with E-state index >= 15 is 0 Å². The monoisotopic (exact) mass is 510 g/mol. The zero-order chi connectivity index (χ0) is 24.9. The van der Waals surface area contributed by atoms with Gasteiger partial charge in [-0.05, 0) is 23.3 Å². The van der Waals surface area contributed by atoms with Gasteiger partial charge in [0.1, 0.15) is 6.54 Å². The molecule has 1 amide bonds. The van der Waals surface area contributed by atoms with E-state index in [1.807, 2.05) is 60.7 Å². The number of amides is 1. The summed E-state index contributed by atoms with van der Waals surface area (Å²) in [5, 5.41) is 0.471. The summed E-state index contributed by atoms with van der Waals surface area (Å²) >= 11 is 12.4. The lowest BCUT2D eigenvalue weighted by Crippen LogP contribution is -2.44. The Morgan fingerprint density at radius 1 is 0.857 bits per heavy atom. The molecule has 4 rings (SSSR count). The number of hydrogen-bond donors (Lipinski definition) is 1. The quantitative estimate of drug-likeness (QED) is 0.372. The van der Waals surface area contributed by atoms with Crippen LogP contribution in [0.2, 0.25) is 10.0 Å². The number of halogens is 2. The van der Waals surface area contributed by atoms with Crippen molar-refractivity contribution < 1.29 is 4.79 Å². The van der Waals surface area contributed by atoms with Gasteiger partial charge in [0.2, 0.25) is 5.91 Å². The molecule has 0 radical (unpaired) electrons. The number of rotatable bonds is 9. The first kappa shape index (κ1) is 24.7. The lowest BCUT2D eigenvalue weighted by atomic mass is 10.1. The average molecular weight is 511 g/mol. The summed E-state index contributed by atoms with van der Waals surface area (Å²) in [5.74, 6) is -0.718. The molecule has 0 aliphatic carbocycles. The summed E-state index contributed by atoms with van der Waals surface area (Å²) in [7, 11) is 0. The van der Waals surface area contributed by atoms with Crippen molar-refractivity contribution in [2.24, 2.45) is 5.73 Å². The van der Waals surface area contributed by atoms with Crippen LogP contribution in [0.4, 0.5) is 0 Å². The first-order chi connectivity index (χ1) is 16.8. The number of carbonyl (C=O) groups excluding carboxylic acids is 1. The molecule has 0 spiro atoms. The fourth-order valence-electron chi connectivity index (χ4n) is 4.10. The molecular formula is C26H24Cl2N4O3. The molecule has 2 N–H and O–H groups in total. The largest absolute Gasteiger partial charge is 0.368 e. The van der Waals surface area contributed by atoms with Crippen molar-refractivity contribution in [3.8, 4) is 0 Å². The van der Waals surface area contributed by atoms with E-state index in [9.17, 15) is 14.4 Å². The van der Waals surface area contributed by atoms with Gasteiger partial charge in [0.15, 0.2) is 0 Å². The number of primary amides is 1. The third-order valence-corrected chi connectivity index (χ3v) is 6.21. The number of nitrogens with zero attached hydrogens (tertiary/aromatic N) is 3. The van der Waals surface area contributed by atoms with Crippen molar-refractivity contribution >= 4 is 40.0 Å². The molecule has 1 aromatic heterocycles. The van der Waals surface area contributed by atoms with Crippen molar-refractivity contribution in [3.05, 3.63) is 115 Å². The van der Waals surface area contributed by atoms with Crippen LogP contribution in [-0.4, -0.2) is 26.5 Å². The molecule has 1 heterocycles. The van der Waals surface area contributed by atoms with Crippen LogP contribution < -0.4 is 17.0 Å². The van der Waals surface area contributed by atoms with Crippen LogP contribution >= 0.6 is 23.2 Å². The summed E-state index contributed by atoms with van der Waals surface area (Å²) in [6.07, 6.45) is 0. The van der Waals surface area contributed by atoms with Crippen LogP contribution in [0.5, 0.6) is 0 Å². The SMILES string of the molecule is NC(=O)Cn1c(=O)n(CCN(Cc2ccccc2)Cc2ccccc2)c(=O)c2c(Cl)cc(Cl)cc21. The zero-order valence-corrected chi connectivity index (χ0v) is 20.4. The predicted molar refractivity (Wildman–Crippen MR) is 139 cm³/mol. The van der Waals surface area contributed by atoms with Crippen molar-refractivity contribution in [1.29, 1.82) is 0 Å². The minimum atomic E-state index is -0.718. The third-order valence-electron chi connectivity index (χ3n) is 5.70. The molecule has 0 aliphatic heterocycles. The average Bonchev–Trinajstić information content (AvgIpc) is 2.82. The van der Waals surface area contributed by atoms with Crippen LogP contribution in [0, 0.1) is 0 Å². The highest BCUT2D eigenvalue weighted by atomic mass is 35.5. The third kappa shape index (κ3) is 5.82. The first-order valence-corrected chi connectivity index (χ1v) is 11.8. The Balaban J connectivity index is 1.72. The smallest absolute Gasteiger partial charge is 0.332 e. The Morgan fingerprint density at radius 2 is 1.43 bits per heavy atom. The highest BCUT2D eigenvalue weighted by Crippen LogP contribution is 2.24. The predicted octanol–water partition coefficient (Wildman–Crippen LogP) is 3.66. The van der Waals surface area contributed by atoms with E-state index in [1.54, 1.807) is 0 Å². The second kappa shape index (κ2) is 10.9. The minimum absolute atomic E-state index is 0.102. The topological polar surface area (TPSA) is 90.3 Å². The Kier molecular flexibility index (Phi) is 7.70. The molecule has 0 unspecified atom stereocenters. The lowest BCUT2D eigenvalue weighted by molar-refractivity contribution is -0.118. The molecule has 0 fully saturated rings. The molecular weight excluding hydrogens is 487 g/mol. The second-order valence-electron chi connectivity index (χ2n) is 8.26. The highest BCUT2D eigenvalue weighted by Gasteiger charge is 2.18. The Bertz CT molecular complexity index is 1430. The molecule has 0 saturated heterocycles. The number of aromatic nitrogens is 2. The highest BCUT2D eigenvalue weighted by molar-refractivity contribution is 6.38. The van der Waals surface area contributed by atoms with Crippen molar-refractivity contribution in [3.63, 3.8) is 0 Å². The van der Waals surface area contributed by atoms with Gasteiger partial charge in [-0.3, -0.25) is 23.6 Å². The van der Waals surface area contributed by atoms with E-state index in [0.717, 1.165) is 20.3 Å². The molecule has 180 valence electrons. The molecule has 7 nitrogen and oxygen atoms in total. The molecule has 0 bridgehead atoms. The van der Waals surface area contributed by atoms with Crippen molar-refractivity contribution in [2.75, 3.05) is 6.54 Å². The van der Waals surface area contributed by atoms with Crippen LogP contribution in [0.15, 0.2) is 82.4 Å². The molecule has 0 aliphatic rings. The number of carbonyl (C=O) groups is 1. The number of hydrogen-bond acceptors (Lipinski definition) is 4. The van der Waals surface area contributed by atoms with Crippen LogP contribution in [0.25, 0.3) is 10.9 Å². The Hall–Kier alpha value is -3.39. The van der Waals surface area contributed by atoms with Gasteiger partial charge in [0.25, 0.3) is 5.56 Å². The lowest BCUT2D eigenvalue weighted by Gasteiger charge is -2.23.